The number of hydrogen-bond donors (Lipinski definition) is 1. The van der Waals surface area contributed by atoms with Crippen molar-refractivity contribution in [1.29, 1.82) is 0 Å². The molecule has 1 fully saturated rings. The van der Waals surface area contributed by atoms with Gasteiger partial charge in [-0.1, -0.05) is 13.8 Å². The minimum Gasteiger partial charge on any atom is -0.368 e. The van der Waals surface area contributed by atoms with Gasteiger partial charge in [0.05, 0.1) is 5.56 Å². The molecule has 1 atom stereocenters. The maximum Gasteiger partial charge on any atom is 0.416 e. The summed E-state index contributed by atoms with van der Waals surface area (Å²) < 4.78 is 40.6. The summed E-state index contributed by atoms with van der Waals surface area (Å²) in [7, 11) is 0. The number of rotatable bonds is 3. The zero-order valence-corrected chi connectivity index (χ0v) is 13.4. The molecule has 0 bridgehead atoms. The largest absolute Gasteiger partial charge is 0.416 e. The molecule has 1 aliphatic rings. The molecule has 0 radical (unpaired) electrons. The van der Waals surface area contributed by atoms with Gasteiger partial charge in [0.1, 0.15) is 11.4 Å². The number of pyridine rings is 1. The van der Waals surface area contributed by atoms with Gasteiger partial charge in [0.25, 0.3) is 0 Å². The lowest BCUT2D eigenvalue weighted by Crippen LogP contribution is -2.56. The van der Waals surface area contributed by atoms with Gasteiger partial charge in [-0.15, -0.1) is 0 Å². The summed E-state index contributed by atoms with van der Waals surface area (Å²) >= 11 is 1.29. The van der Waals surface area contributed by atoms with Crippen molar-refractivity contribution in [2.75, 3.05) is 10.1 Å². The van der Waals surface area contributed by atoms with E-state index in [0.717, 1.165) is 12.1 Å². The predicted molar refractivity (Wildman–Crippen MR) is 80.3 cm³/mol. The van der Waals surface area contributed by atoms with Crippen LogP contribution in [0.2, 0.25) is 0 Å². The average Bonchev–Trinajstić information content (AvgIpc) is 2.82. The number of alkyl halides is 3. The Kier molecular flexibility index (Phi) is 4.34. The highest BCUT2D eigenvalue weighted by Gasteiger charge is 2.50. The number of aromatic nitrogens is 1. The number of nitrogens with zero attached hydrogens (tertiary/aromatic N) is 2. The van der Waals surface area contributed by atoms with Gasteiger partial charge < -0.3 is 5.73 Å². The van der Waals surface area contributed by atoms with Gasteiger partial charge in [0, 0.05) is 11.4 Å². The first-order chi connectivity index (χ1) is 10.1. The number of anilines is 1. The molecule has 122 valence electrons. The molecule has 8 heteroatoms. The summed E-state index contributed by atoms with van der Waals surface area (Å²) in [5.41, 5.74) is 4.04. The number of hydrogen-bond acceptors (Lipinski definition) is 4. The van der Waals surface area contributed by atoms with E-state index in [4.69, 9.17) is 5.73 Å². The Bertz CT molecular complexity index is 591. The highest BCUT2D eigenvalue weighted by atomic mass is 32.2. The van der Waals surface area contributed by atoms with E-state index >= 15 is 0 Å². The highest BCUT2D eigenvalue weighted by molar-refractivity contribution is 8.01. The van der Waals surface area contributed by atoms with Crippen molar-refractivity contribution in [3.8, 4) is 0 Å². The molecule has 0 spiro atoms. The number of halogens is 3. The van der Waals surface area contributed by atoms with Crippen LogP contribution < -0.4 is 10.0 Å². The minimum absolute atomic E-state index is 0.127. The predicted octanol–water partition coefficient (Wildman–Crippen LogP) is 3.15. The molecule has 1 aromatic rings. The van der Waals surface area contributed by atoms with Crippen LogP contribution in [0.5, 0.6) is 0 Å². The molecule has 1 aromatic heterocycles. The van der Waals surface area contributed by atoms with Crippen LogP contribution in [0.4, 0.5) is 19.0 Å². The van der Waals surface area contributed by atoms with E-state index in [1.165, 1.54) is 18.9 Å². The van der Waals surface area contributed by atoms with Gasteiger partial charge in [-0.25, -0.2) is 4.98 Å². The Balaban J connectivity index is 2.55. The van der Waals surface area contributed by atoms with Gasteiger partial charge in [0.15, 0.2) is 0 Å². The lowest BCUT2D eigenvalue weighted by atomic mass is 9.83. The van der Waals surface area contributed by atoms with Crippen LogP contribution in [-0.4, -0.2) is 22.2 Å². The summed E-state index contributed by atoms with van der Waals surface area (Å²) in [6.07, 6.45) is -3.97. The van der Waals surface area contributed by atoms with E-state index in [-0.39, 0.29) is 17.4 Å². The van der Waals surface area contributed by atoms with E-state index in [1.807, 2.05) is 13.8 Å². The molecule has 1 amide bonds. The smallest absolute Gasteiger partial charge is 0.368 e. The Hall–Kier alpha value is -1.44. The molecule has 0 aliphatic carbocycles. The quantitative estimate of drug-likeness (QED) is 0.863. The monoisotopic (exact) mass is 333 g/mol. The van der Waals surface area contributed by atoms with Crippen LogP contribution in [0.15, 0.2) is 12.1 Å². The van der Waals surface area contributed by atoms with Gasteiger partial charge in [-0.3, -0.25) is 9.10 Å². The summed E-state index contributed by atoms with van der Waals surface area (Å²) in [4.78, 5) is 16.2. The normalized spacial score (nSPS) is 22.4. The first-order valence-corrected chi connectivity index (χ1v) is 7.82. The van der Waals surface area contributed by atoms with Gasteiger partial charge in [0.2, 0.25) is 5.91 Å². The molecule has 22 heavy (non-hydrogen) atoms. The zero-order chi connectivity index (χ0) is 16.7. The Morgan fingerprint density at radius 3 is 2.59 bits per heavy atom. The second-order valence-corrected chi connectivity index (χ2v) is 6.71. The highest BCUT2D eigenvalue weighted by Crippen LogP contribution is 2.45. The first-order valence-electron chi connectivity index (χ1n) is 6.88. The summed E-state index contributed by atoms with van der Waals surface area (Å²) in [5, 5.41) is 0. The second-order valence-electron chi connectivity index (χ2n) is 5.67. The van der Waals surface area contributed by atoms with Crippen LogP contribution in [0, 0.1) is 12.8 Å². The number of nitrogens with two attached hydrogens (primary N) is 1. The van der Waals surface area contributed by atoms with Crippen molar-refractivity contribution in [2.24, 2.45) is 11.7 Å². The van der Waals surface area contributed by atoms with Crippen molar-refractivity contribution in [1.82, 2.24) is 4.98 Å². The van der Waals surface area contributed by atoms with Crippen LogP contribution in [0.3, 0.4) is 0 Å². The van der Waals surface area contributed by atoms with Crippen LogP contribution in [-0.2, 0) is 11.0 Å². The number of aryl methyl sites for hydroxylation is 1. The van der Waals surface area contributed by atoms with E-state index in [2.05, 4.69) is 4.98 Å². The second kappa shape index (κ2) is 5.64. The molecule has 1 unspecified atom stereocenters. The van der Waals surface area contributed by atoms with Gasteiger partial charge >= 0.3 is 6.18 Å². The maximum atomic E-state index is 13.0. The van der Waals surface area contributed by atoms with Crippen LogP contribution in [0.25, 0.3) is 0 Å². The van der Waals surface area contributed by atoms with Crippen LogP contribution >= 0.6 is 11.9 Å². The first kappa shape index (κ1) is 16.9. The van der Waals surface area contributed by atoms with E-state index < -0.39 is 23.2 Å². The zero-order valence-electron chi connectivity index (χ0n) is 12.6. The summed E-state index contributed by atoms with van der Waals surface area (Å²) in [6, 6.07) is 1.97. The molecule has 2 rings (SSSR count). The third kappa shape index (κ3) is 2.76. The standard InChI is InChI=1S/C14H18F3N3OS/c1-8(2)13(12(18)21)4-5-22-20(13)11-7-10(14(15,16)17)6-9(3)19-11/h6-8H,4-5H2,1-3H3,(H2,18,21). The molecule has 0 aromatic carbocycles. The number of primary amides is 1. The Labute approximate surface area is 131 Å². The SMILES string of the molecule is Cc1cc(C(F)(F)F)cc(N2SCCC2(C(N)=O)C(C)C)n1. The number of carbonyl (C=O) groups excluding carboxylic acids is 1. The Morgan fingerprint density at radius 1 is 1.45 bits per heavy atom. The van der Waals surface area contributed by atoms with E-state index in [9.17, 15) is 18.0 Å². The number of amides is 1. The van der Waals surface area contributed by atoms with E-state index in [0.29, 0.717) is 12.2 Å². The molecule has 2 heterocycles. The van der Waals surface area contributed by atoms with Gasteiger partial charge in [-0.05, 0) is 43.3 Å². The van der Waals surface area contributed by atoms with Crippen LogP contribution in [0.1, 0.15) is 31.5 Å². The molecule has 1 saturated heterocycles. The van der Waals surface area contributed by atoms with Crippen molar-refractivity contribution in [2.45, 2.75) is 38.9 Å². The van der Waals surface area contributed by atoms with E-state index in [1.54, 1.807) is 4.31 Å². The topological polar surface area (TPSA) is 59.2 Å². The van der Waals surface area contributed by atoms with Crippen molar-refractivity contribution in [3.05, 3.63) is 23.4 Å². The fourth-order valence-corrected chi connectivity index (χ4v) is 4.16. The molecule has 1 aliphatic heterocycles. The fourth-order valence-electron chi connectivity index (χ4n) is 2.73. The Morgan fingerprint density at radius 2 is 2.09 bits per heavy atom. The van der Waals surface area contributed by atoms with Crippen molar-refractivity contribution < 1.29 is 18.0 Å². The minimum atomic E-state index is -4.46. The van der Waals surface area contributed by atoms with Crippen molar-refractivity contribution >= 4 is 23.7 Å². The third-order valence-corrected chi connectivity index (χ3v) is 5.08. The molecule has 0 saturated carbocycles. The molecule has 2 N–H and O–H groups in total. The lowest BCUT2D eigenvalue weighted by Gasteiger charge is -2.38. The maximum absolute atomic E-state index is 13.0. The summed E-state index contributed by atoms with van der Waals surface area (Å²) in [5.74, 6) is 0.0568. The van der Waals surface area contributed by atoms with Gasteiger partial charge in [-0.2, -0.15) is 13.2 Å². The summed E-state index contributed by atoms with van der Waals surface area (Å²) in [6.45, 7) is 5.18. The average molecular weight is 333 g/mol. The molecular weight excluding hydrogens is 315 g/mol. The number of carbonyl (C=O) groups is 1. The lowest BCUT2D eigenvalue weighted by molar-refractivity contribution is -0.137. The van der Waals surface area contributed by atoms with Crippen molar-refractivity contribution in [3.63, 3.8) is 0 Å². The third-order valence-electron chi connectivity index (χ3n) is 3.92. The molecule has 4 nitrogen and oxygen atoms in total. The fraction of sp³-hybridized carbons (Fsp3) is 0.571. The molecular formula is C14H18F3N3OS.